The van der Waals surface area contributed by atoms with Crippen LogP contribution in [0.4, 0.5) is 0 Å². The van der Waals surface area contributed by atoms with E-state index in [1.807, 2.05) is 0 Å². The van der Waals surface area contributed by atoms with Gasteiger partial charge < -0.3 is 21.8 Å². The lowest BCUT2D eigenvalue weighted by atomic mass is 10.5. The Morgan fingerprint density at radius 1 is 0.462 bits per heavy atom. The molecule has 0 unspecified atom stereocenters. The summed E-state index contributed by atoms with van der Waals surface area (Å²) in [4.78, 5) is 0. The monoisotopic (exact) mass is 426 g/mol. The lowest BCUT2D eigenvalue weighted by molar-refractivity contribution is -0.0347. The number of hydrogen-bond acceptors (Lipinski definition) is 5. The van der Waals surface area contributed by atoms with Gasteiger partial charge in [0, 0.05) is 26.4 Å². The second-order valence-corrected chi connectivity index (χ2v) is 19.6. The quantitative estimate of drug-likeness (QED) is 0.328. The lowest BCUT2D eigenvalue weighted by Crippen LogP contribution is -2.50. The molecule has 0 heterocycles. The maximum atomic E-state index is 5.90. The normalized spacial score (nSPS) is 12.7. The molecule has 8 heteroatoms. The van der Waals surface area contributed by atoms with Crippen LogP contribution < -0.4 is 0 Å². The van der Waals surface area contributed by atoms with Crippen LogP contribution >= 0.6 is 0 Å². The minimum absolute atomic E-state index is 0.628. The van der Waals surface area contributed by atoms with Gasteiger partial charge in [-0.2, -0.15) is 0 Å². The van der Waals surface area contributed by atoms with Crippen molar-refractivity contribution in [2.45, 2.75) is 92.7 Å². The first-order chi connectivity index (χ1) is 11.9. The first-order valence-corrected chi connectivity index (χ1v) is 18.7. The molecule has 0 fully saturated rings. The van der Waals surface area contributed by atoms with Crippen LogP contribution in [0.1, 0.15) is 53.4 Å². The molecule has 0 aliphatic carbocycles. The van der Waals surface area contributed by atoms with E-state index in [2.05, 4.69) is 67.0 Å². The molecule has 0 atom stereocenters. The summed E-state index contributed by atoms with van der Waals surface area (Å²) in [7, 11) is -5.34. The molecule has 0 saturated carbocycles. The molecule has 5 nitrogen and oxygen atoms in total. The minimum Gasteiger partial charge on any atom is -0.456 e. The molecular formula is C18H46O5Si3. The molecule has 0 saturated heterocycles. The zero-order valence-corrected chi connectivity index (χ0v) is 22.2. The zero-order chi connectivity index (χ0) is 20.7. The van der Waals surface area contributed by atoms with E-state index in [-0.39, 0.29) is 0 Å². The van der Waals surface area contributed by atoms with Gasteiger partial charge in [0.05, 0.1) is 0 Å². The Balaban J connectivity index is 0. The van der Waals surface area contributed by atoms with E-state index in [4.69, 9.17) is 21.8 Å². The summed E-state index contributed by atoms with van der Waals surface area (Å²) >= 11 is 0. The summed E-state index contributed by atoms with van der Waals surface area (Å²) < 4.78 is 28.9. The van der Waals surface area contributed by atoms with Crippen LogP contribution in [0.2, 0.25) is 39.3 Å². The average Bonchev–Trinajstić information content (AvgIpc) is 2.50. The third kappa shape index (κ3) is 19.2. The summed E-state index contributed by atoms with van der Waals surface area (Å²) in [6, 6.07) is 0. The third-order valence-electron chi connectivity index (χ3n) is 2.54. The topological polar surface area (TPSA) is 46.2 Å². The van der Waals surface area contributed by atoms with Crippen molar-refractivity contribution >= 4 is 25.7 Å². The second-order valence-electron chi connectivity index (χ2n) is 8.22. The van der Waals surface area contributed by atoms with Crippen molar-refractivity contribution in [2.24, 2.45) is 0 Å². The highest BCUT2D eigenvalue weighted by molar-refractivity contribution is 6.83. The van der Waals surface area contributed by atoms with Crippen molar-refractivity contribution in [3.63, 3.8) is 0 Å². The van der Waals surface area contributed by atoms with Crippen LogP contribution in [0.5, 0.6) is 0 Å². The van der Waals surface area contributed by atoms with Gasteiger partial charge in [-0.3, -0.25) is 0 Å². The molecule has 0 amide bonds. The van der Waals surface area contributed by atoms with Gasteiger partial charge in [-0.15, -0.1) is 0 Å². The fourth-order valence-corrected chi connectivity index (χ4v) is 11.7. The van der Waals surface area contributed by atoms with Crippen molar-refractivity contribution in [3.05, 3.63) is 0 Å². The standard InChI is InChI=1S/C12H28O4Si.C6H18OSi2/c1-5-9-13-17(14-10-6-2,15-11-7-3)16-12-8-4;1-8(2,3)7-9(4,5)6/h5-12H2,1-4H3;1-6H3. The van der Waals surface area contributed by atoms with Gasteiger partial charge in [-0.1, -0.05) is 27.7 Å². The highest BCUT2D eigenvalue weighted by Gasteiger charge is 2.45. The molecule has 0 aliphatic rings. The van der Waals surface area contributed by atoms with Gasteiger partial charge in [0.1, 0.15) is 0 Å². The Morgan fingerprint density at radius 2 is 0.692 bits per heavy atom. The van der Waals surface area contributed by atoms with Crippen molar-refractivity contribution in [3.8, 4) is 0 Å². The predicted molar refractivity (Wildman–Crippen MR) is 119 cm³/mol. The Hall–Kier alpha value is 0.451. The van der Waals surface area contributed by atoms with Crippen molar-refractivity contribution in [2.75, 3.05) is 26.4 Å². The predicted octanol–water partition coefficient (Wildman–Crippen LogP) is 5.80. The zero-order valence-electron chi connectivity index (χ0n) is 19.2. The van der Waals surface area contributed by atoms with Crippen LogP contribution in [0.25, 0.3) is 0 Å². The first kappa shape index (κ1) is 28.7. The molecule has 0 aromatic rings. The lowest BCUT2D eigenvalue weighted by Gasteiger charge is -2.27. The van der Waals surface area contributed by atoms with E-state index in [1.54, 1.807) is 0 Å². The van der Waals surface area contributed by atoms with E-state index < -0.39 is 25.7 Å². The van der Waals surface area contributed by atoms with Crippen molar-refractivity contribution in [1.29, 1.82) is 0 Å². The molecule has 0 rings (SSSR count). The molecule has 0 bridgehead atoms. The van der Waals surface area contributed by atoms with E-state index >= 15 is 0 Å². The molecule has 0 radical (unpaired) electrons. The molecule has 0 N–H and O–H groups in total. The van der Waals surface area contributed by atoms with Gasteiger partial charge in [0.2, 0.25) is 0 Å². The van der Waals surface area contributed by atoms with Crippen LogP contribution in [0.3, 0.4) is 0 Å². The van der Waals surface area contributed by atoms with Crippen LogP contribution in [-0.2, 0) is 21.8 Å². The van der Waals surface area contributed by atoms with Gasteiger partial charge >= 0.3 is 9.05 Å². The van der Waals surface area contributed by atoms with Gasteiger partial charge in [0.15, 0.2) is 16.6 Å². The van der Waals surface area contributed by atoms with E-state index in [9.17, 15) is 0 Å². The summed E-state index contributed by atoms with van der Waals surface area (Å²) in [6.07, 6.45) is 3.76. The molecule has 0 aliphatic heterocycles. The van der Waals surface area contributed by atoms with E-state index in [1.165, 1.54) is 0 Å². The highest BCUT2D eigenvalue weighted by atomic mass is 28.4. The van der Waals surface area contributed by atoms with E-state index in [0.29, 0.717) is 26.4 Å². The molecular weight excluding hydrogens is 380 g/mol. The molecule has 26 heavy (non-hydrogen) atoms. The second kappa shape index (κ2) is 15.4. The molecule has 0 spiro atoms. The first-order valence-electron chi connectivity index (χ1n) is 10.2. The van der Waals surface area contributed by atoms with Crippen LogP contribution in [0.15, 0.2) is 0 Å². The maximum Gasteiger partial charge on any atom is 0.679 e. The Kier molecular flexibility index (Phi) is 17.0. The third-order valence-corrected chi connectivity index (χ3v) is 9.67. The Labute approximate surface area is 166 Å². The number of hydrogen-bond donors (Lipinski definition) is 0. The summed E-state index contributed by atoms with van der Waals surface area (Å²) in [5.74, 6) is 0. The molecule has 160 valence electrons. The van der Waals surface area contributed by atoms with Crippen molar-refractivity contribution in [1.82, 2.24) is 0 Å². The van der Waals surface area contributed by atoms with Gasteiger partial charge in [-0.05, 0) is 65.0 Å². The fourth-order valence-electron chi connectivity index (χ4n) is 2.08. The SMILES string of the molecule is CCCO[Si](OCCC)(OCCC)OCCC.C[Si](C)(C)O[Si](C)(C)C. The maximum absolute atomic E-state index is 5.90. The van der Waals surface area contributed by atoms with Crippen LogP contribution in [-0.4, -0.2) is 52.1 Å². The summed E-state index contributed by atoms with van der Waals surface area (Å²) in [5.41, 5.74) is 0. The van der Waals surface area contributed by atoms with E-state index in [0.717, 1.165) is 25.7 Å². The summed E-state index contributed by atoms with van der Waals surface area (Å²) in [5, 5.41) is 0. The average molecular weight is 427 g/mol. The minimum atomic E-state index is -2.88. The smallest absolute Gasteiger partial charge is 0.456 e. The Morgan fingerprint density at radius 3 is 0.808 bits per heavy atom. The number of rotatable bonds is 14. The molecule has 0 aromatic heterocycles. The van der Waals surface area contributed by atoms with Crippen LogP contribution in [0, 0.1) is 0 Å². The van der Waals surface area contributed by atoms with Crippen molar-refractivity contribution < 1.29 is 21.8 Å². The van der Waals surface area contributed by atoms with Gasteiger partial charge in [-0.25, -0.2) is 0 Å². The fraction of sp³-hybridized carbons (Fsp3) is 1.00. The largest absolute Gasteiger partial charge is 0.679 e. The highest BCUT2D eigenvalue weighted by Crippen LogP contribution is 2.14. The molecule has 0 aromatic carbocycles. The van der Waals surface area contributed by atoms with Gasteiger partial charge in [0.25, 0.3) is 0 Å². The summed E-state index contributed by atoms with van der Waals surface area (Å²) in [6.45, 7) is 24.2. The Bertz CT molecular complexity index is 267.